The van der Waals surface area contributed by atoms with E-state index in [1.54, 1.807) is 11.8 Å². The summed E-state index contributed by atoms with van der Waals surface area (Å²) < 4.78 is 13.1. The monoisotopic (exact) mass is 383 g/mol. The summed E-state index contributed by atoms with van der Waals surface area (Å²) in [6.07, 6.45) is 0. The summed E-state index contributed by atoms with van der Waals surface area (Å²) in [6, 6.07) is 15.6. The van der Waals surface area contributed by atoms with Crippen LogP contribution in [-0.2, 0) is 24.5 Å². The molecule has 2 aromatic carbocycles. The van der Waals surface area contributed by atoms with Crippen LogP contribution in [0.3, 0.4) is 0 Å². The van der Waals surface area contributed by atoms with Crippen LogP contribution in [0.2, 0.25) is 0 Å². The number of hydrogen-bond acceptors (Lipinski definition) is 5. The Labute approximate surface area is 165 Å². The molecule has 0 aliphatic rings. The maximum absolute atomic E-state index is 9.88. The van der Waals surface area contributed by atoms with Gasteiger partial charge < -0.3 is 20.3 Å². The van der Waals surface area contributed by atoms with E-state index < -0.39 is 0 Å². The molecule has 1 heterocycles. The highest BCUT2D eigenvalue weighted by Crippen LogP contribution is 2.29. The van der Waals surface area contributed by atoms with Gasteiger partial charge in [-0.25, -0.2) is 0 Å². The lowest BCUT2D eigenvalue weighted by molar-refractivity contribution is 0.0343. The highest BCUT2D eigenvalue weighted by molar-refractivity contribution is 5.86. The van der Waals surface area contributed by atoms with Crippen LogP contribution in [0.5, 0.6) is 5.75 Å². The predicted octanol–water partition coefficient (Wildman–Crippen LogP) is 3.11. The standard InChI is InChI=1S/C22H29N3O3/c1-22(2,15-28-14-16-8-5-4-6-9-16)20(23)12-25-18(13-26)17-10-7-11-19(27-3)21(17)24-25/h4-11,20,26H,12-15,23H2,1-3H3. The average molecular weight is 383 g/mol. The number of rotatable bonds is 9. The number of methoxy groups -OCH3 is 1. The number of hydrogen-bond donors (Lipinski definition) is 2. The van der Waals surface area contributed by atoms with Crippen molar-refractivity contribution in [3.8, 4) is 5.75 Å². The summed E-state index contributed by atoms with van der Waals surface area (Å²) in [5.74, 6) is 0.685. The molecular weight excluding hydrogens is 354 g/mol. The van der Waals surface area contributed by atoms with Crippen LogP contribution in [0.4, 0.5) is 0 Å². The largest absolute Gasteiger partial charge is 0.494 e. The summed E-state index contributed by atoms with van der Waals surface area (Å²) in [6.45, 7) is 5.64. The SMILES string of the molecule is COc1cccc2c(CO)n(CC(N)C(C)(C)COCc3ccccc3)nc12. The number of fused-ring (bicyclic) bond motifs is 1. The molecule has 3 aromatic rings. The Morgan fingerprint density at radius 3 is 2.57 bits per heavy atom. The van der Waals surface area contributed by atoms with Gasteiger partial charge in [-0.05, 0) is 11.6 Å². The minimum atomic E-state index is -0.260. The van der Waals surface area contributed by atoms with Crippen LogP contribution in [-0.4, -0.2) is 34.6 Å². The highest BCUT2D eigenvalue weighted by atomic mass is 16.5. The molecule has 0 aliphatic heterocycles. The van der Waals surface area contributed by atoms with Gasteiger partial charge in [-0.2, -0.15) is 5.10 Å². The second kappa shape index (κ2) is 8.73. The smallest absolute Gasteiger partial charge is 0.146 e. The van der Waals surface area contributed by atoms with Crippen molar-refractivity contribution >= 4 is 10.9 Å². The van der Waals surface area contributed by atoms with Crippen molar-refractivity contribution < 1.29 is 14.6 Å². The normalized spacial score (nSPS) is 13.0. The molecule has 0 saturated heterocycles. The Balaban J connectivity index is 1.71. The third kappa shape index (κ3) is 4.35. The maximum Gasteiger partial charge on any atom is 0.146 e. The lowest BCUT2D eigenvalue weighted by Crippen LogP contribution is -2.44. The molecule has 6 nitrogen and oxygen atoms in total. The van der Waals surface area contributed by atoms with Crippen molar-refractivity contribution in [2.24, 2.45) is 11.1 Å². The molecule has 3 rings (SSSR count). The molecule has 1 atom stereocenters. The van der Waals surface area contributed by atoms with Gasteiger partial charge in [0, 0.05) is 16.8 Å². The summed E-state index contributed by atoms with van der Waals surface area (Å²) in [4.78, 5) is 0. The fraction of sp³-hybridized carbons (Fsp3) is 0.409. The van der Waals surface area contributed by atoms with Crippen molar-refractivity contribution in [2.75, 3.05) is 13.7 Å². The molecule has 28 heavy (non-hydrogen) atoms. The first-order chi connectivity index (χ1) is 13.5. The van der Waals surface area contributed by atoms with Crippen molar-refractivity contribution in [2.45, 2.75) is 39.6 Å². The van der Waals surface area contributed by atoms with Gasteiger partial charge in [0.2, 0.25) is 0 Å². The second-order valence-electron chi connectivity index (χ2n) is 7.72. The summed E-state index contributed by atoms with van der Waals surface area (Å²) >= 11 is 0. The highest BCUT2D eigenvalue weighted by Gasteiger charge is 2.28. The lowest BCUT2D eigenvalue weighted by atomic mass is 9.85. The zero-order chi connectivity index (χ0) is 20.1. The van der Waals surface area contributed by atoms with Crippen molar-refractivity contribution in [3.63, 3.8) is 0 Å². The Hall–Kier alpha value is -2.41. The van der Waals surface area contributed by atoms with Crippen LogP contribution in [0.15, 0.2) is 48.5 Å². The zero-order valence-corrected chi connectivity index (χ0v) is 16.8. The Morgan fingerprint density at radius 2 is 1.89 bits per heavy atom. The van der Waals surface area contributed by atoms with Crippen molar-refractivity contribution in [1.29, 1.82) is 0 Å². The Bertz CT molecular complexity index is 906. The first-order valence-corrected chi connectivity index (χ1v) is 9.47. The van der Waals surface area contributed by atoms with E-state index in [9.17, 15) is 5.11 Å². The van der Waals surface area contributed by atoms with Gasteiger partial charge in [-0.1, -0.05) is 56.3 Å². The minimum Gasteiger partial charge on any atom is -0.494 e. The molecule has 0 aliphatic carbocycles. The number of aliphatic hydroxyl groups excluding tert-OH is 1. The van der Waals surface area contributed by atoms with Gasteiger partial charge in [0.15, 0.2) is 0 Å². The van der Waals surface area contributed by atoms with Crippen LogP contribution < -0.4 is 10.5 Å². The van der Waals surface area contributed by atoms with Gasteiger partial charge in [0.25, 0.3) is 0 Å². The van der Waals surface area contributed by atoms with E-state index in [4.69, 9.17) is 15.2 Å². The molecule has 0 bridgehead atoms. The molecule has 150 valence electrons. The molecule has 1 unspecified atom stereocenters. The van der Waals surface area contributed by atoms with E-state index in [-0.39, 0.29) is 18.1 Å². The number of aromatic nitrogens is 2. The van der Waals surface area contributed by atoms with Gasteiger partial charge in [0.05, 0.1) is 39.2 Å². The van der Waals surface area contributed by atoms with Gasteiger partial charge >= 0.3 is 0 Å². The third-order valence-corrected chi connectivity index (χ3v) is 5.17. The number of nitrogens with two attached hydrogens (primary N) is 1. The summed E-state index contributed by atoms with van der Waals surface area (Å²) in [7, 11) is 1.62. The fourth-order valence-electron chi connectivity index (χ4n) is 3.21. The molecule has 3 N–H and O–H groups in total. The van der Waals surface area contributed by atoms with Crippen molar-refractivity contribution in [3.05, 3.63) is 59.8 Å². The number of nitrogens with zero attached hydrogens (tertiary/aromatic N) is 2. The van der Waals surface area contributed by atoms with Crippen molar-refractivity contribution in [1.82, 2.24) is 9.78 Å². The summed E-state index contributed by atoms with van der Waals surface area (Å²) in [5, 5.41) is 15.4. The Kier molecular flexibility index (Phi) is 6.34. The van der Waals surface area contributed by atoms with E-state index in [0.717, 1.165) is 22.2 Å². The van der Waals surface area contributed by atoms with Crippen LogP contribution in [0.25, 0.3) is 10.9 Å². The van der Waals surface area contributed by atoms with E-state index in [1.807, 2.05) is 48.5 Å². The minimum absolute atomic E-state index is 0.110. The van der Waals surface area contributed by atoms with E-state index >= 15 is 0 Å². The fourth-order valence-corrected chi connectivity index (χ4v) is 3.21. The van der Waals surface area contributed by atoms with Crippen LogP contribution >= 0.6 is 0 Å². The van der Waals surface area contributed by atoms with Crippen LogP contribution in [0.1, 0.15) is 25.1 Å². The molecule has 0 saturated carbocycles. The number of aliphatic hydroxyl groups is 1. The van der Waals surface area contributed by atoms with Gasteiger partial charge in [0.1, 0.15) is 11.3 Å². The van der Waals surface area contributed by atoms with E-state index in [0.29, 0.717) is 25.5 Å². The number of benzene rings is 2. The van der Waals surface area contributed by atoms with Crippen LogP contribution in [0, 0.1) is 5.41 Å². The molecule has 6 heteroatoms. The molecular formula is C22H29N3O3. The summed E-state index contributed by atoms with van der Waals surface area (Å²) in [5.41, 5.74) is 8.88. The Morgan fingerprint density at radius 1 is 1.14 bits per heavy atom. The lowest BCUT2D eigenvalue weighted by Gasteiger charge is -2.31. The molecule has 0 fully saturated rings. The number of ether oxygens (including phenoxy) is 2. The van der Waals surface area contributed by atoms with Gasteiger partial charge in [-0.3, -0.25) is 4.68 Å². The zero-order valence-electron chi connectivity index (χ0n) is 16.8. The third-order valence-electron chi connectivity index (χ3n) is 5.17. The molecule has 0 spiro atoms. The predicted molar refractivity (Wildman–Crippen MR) is 110 cm³/mol. The van der Waals surface area contributed by atoms with E-state index in [1.165, 1.54) is 0 Å². The topological polar surface area (TPSA) is 82.5 Å². The van der Waals surface area contributed by atoms with Gasteiger partial charge in [-0.15, -0.1) is 0 Å². The molecule has 0 radical (unpaired) electrons. The molecule has 1 aromatic heterocycles. The first kappa shape index (κ1) is 20.3. The average Bonchev–Trinajstić information content (AvgIpc) is 3.05. The van der Waals surface area contributed by atoms with E-state index in [2.05, 4.69) is 18.9 Å². The first-order valence-electron chi connectivity index (χ1n) is 9.47. The second-order valence-corrected chi connectivity index (χ2v) is 7.72. The maximum atomic E-state index is 9.88. The molecule has 0 amide bonds. The quantitative estimate of drug-likeness (QED) is 0.593.